The zero-order chi connectivity index (χ0) is 6.85. The van der Waals surface area contributed by atoms with Crippen LogP contribution in [0.25, 0.3) is 0 Å². The van der Waals surface area contributed by atoms with Gasteiger partial charge in [0.15, 0.2) is 0 Å². The fourth-order valence-electron chi connectivity index (χ4n) is 1.22. The Labute approximate surface area is 58.1 Å². The molecule has 0 aromatic heterocycles. The number of nitrogens with zero attached hydrogens (tertiary/aromatic N) is 1. The summed E-state index contributed by atoms with van der Waals surface area (Å²) in [4.78, 5) is 0. The van der Waals surface area contributed by atoms with Gasteiger partial charge in [0.1, 0.15) is 8.30 Å². The van der Waals surface area contributed by atoms with Crippen LogP contribution in [0.2, 0.25) is 0 Å². The molecule has 0 aromatic rings. The van der Waals surface area contributed by atoms with Crippen LogP contribution in [0.5, 0.6) is 0 Å². The Kier molecular flexibility index (Phi) is 2.45. The molecule has 0 radical (unpaired) electrons. The van der Waals surface area contributed by atoms with E-state index in [2.05, 4.69) is 18.6 Å². The fraction of sp³-hybridized carbons (Fsp3) is 1.00. The van der Waals surface area contributed by atoms with Gasteiger partial charge in [-0.05, 0) is 13.0 Å². The van der Waals surface area contributed by atoms with Crippen LogP contribution in [0.15, 0.2) is 0 Å². The Morgan fingerprint density at radius 1 is 1.67 bits per heavy atom. The smallest absolute Gasteiger partial charge is 0.103 e. The third kappa shape index (κ3) is 1.64. The van der Waals surface area contributed by atoms with E-state index < -0.39 is 0 Å². The van der Waals surface area contributed by atoms with Crippen molar-refractivity contribution in [2.75, 3.05) is 26.9 Å². The highest BCUT2D eigenvalue weighted by Crippen LogP contribution is 2.46. The van der Waals surface area contributed by atoms with E-state index >= 15 is 0 Å². The quantitative estimate of drug-likeness (QED) is 0.521. The van der Waals surface area contributed by atoms with Crippen LogP contribution in [0.4, 0.5) is 0 Å². The Balaban J connectivity index is 2.38. The monoisotopic (exact) mass is 147 g/mol. The first-order chi connectivity index (χ1) is 4.24. The largest absolute Gasteiger partial charge is 0.347 e. The van der Waals surface area contributed by atoms with Gasteiger partial charge in [0.05, 0.1) is 0 Å². The van der Waals surface area contributed by atoms with Gasteiger partial charge in [0.2, 0.25) is 0 Å². The van der Waals surface area contributed by atoms with Crippen LogP contribution < -0.4 is 0 Å². The van der Waals surface area contributed by atoms with Crippen LogP contribution >= 0.6 is 8.30 Å². The third-order valence-corrected chi connectivity index (χ3v) is 3.92. The van der Waals surface area contributed by atoms with Gasteiger partial charge in [0, 0.05) is 19.8 Å². The van der Waals surface area contributed by atoms with E-state index in [1.54, 1.807) is 7.11 Å². The van der Waals surface area contributed by atoms with Gasteiger partial charge in [-0.3, -0.25) is 4.67 Å². The van der Waals surface area contributed by atoms with Crippen molar-refractivity contribution < 1.29 is 4.52 Å². The summed E-state index contributed by atoms with van der Waals surface area (Å²) in [5, 5.41) is 0. The molecule has 1 aliphatic rings. The van der Waals surface area contributed by atoms with E-state index in [1.165, 1.54) is 12.7 Å². The minimum absolute atomic E-state index is 0.210. The topological polar surface area (TPSA) is 12.5 Å². The molecular weight excluding hydrogens is 133 g/mol. The van der Waals surface area contributed by atoms with Gasteiger partial charge in [-0.15, -0.1) is 0 Å². The molecule has 0 N–H and O–H groups in total. The first kappa shape index (κ1) is 7.46. The molecule has 0 bridgehead atoms. The van der Waals surface area contributed by atoms with Crippen LogP contribution in [-0.4, -0.2) is 31.5 Å². The van der Waals surface area contributed by atoms with Crippen molar-refractivity contribution in [2.45, 2.75) is 6.92 Å². The lowest BCUT2D eigenvalue weighted by Crippen LogP contribution is -2.08. The number of rotatable bonds is 1. The maximum atomic E-state index is 5.28. The van der Waals surface area contributed by atoms with E-state index in [1.807, 2.05) is 0 Å². The molecule has 2 nitrogen and oxygen atoms in total. The standard InChI is InChI=1S/C6H14NOP/c1-6-4-7(2)9(5-6)8-3/h6H,4-5H2,1-3H3. The highest BCUT2D eigenvalue weighted by molar-refractivity contribution is 7.50. The normalized spacial score (nSPS) is 37.7. The second kappa shape index (κ2) is 2.96. The maximum Gasteiger partial charge on any atom is 0.103 e. The molecule has 9 heavy (non-hydrogen) atoms. The highest BCUT2D eigenvalue weighted by Gasteiger charge is 2.26. The third-order valence-electron chi connectivity index (χ3n) is 1.64. The van der Waals surface area contributed by atoms with Crippen molar-refractivity contribution in [3.63, 3.8) is 0 Å². The van der Waals surface area contributed by atoms with Crippen LogP contribution in [0.1, 0.15) is 6.92 Å². The van der Waals surface area contributed by atoms with Crippen LogP contribution in [-0.2, 0) is 4.52 Å². The lowest BCUT2D eigenvalue weighted by molar-refractivity contribution is 0.412. The van der Waals surface area contributed by atoms with Crippen molar-refractivity contribution >= 4 is 8.30 Å². The molecule has 0 spiro atoms. The predicted octanol–water partition coefficient (Wildman–Crippen LogP) is 1.53. The van der Waals surface area contributed by atoms with Crippen molar-refractivity contribution in [2.24, 2.45) is 5.92 Å². The van der Waals surface area contributed by atoms with Gasteiger partial charge in [-0.2, -0.15) is 0 Å². The van der Waals surface area contributed by atoms with Gasteiger partial charge in [-0.25, -0.2) is 0 Å². The average Bonchev–Trinajstić information content (AvgIpc) is 2.10. The summed E-state index contributed by atoms with van der Waals surface area (Å²) in [5.41, 5.74) is 0. The predicted molar refractivity (Wildman–Crippen MR) is 40.6 cm³/mol. The highest BCUT2D eigenvalue weighted by atomic mass is 31.2. The zero-order valence-corrected chi connectivity index (χ0v) is 7.19. The number of hydrogen-bond acceptors (Lipinski definition) is 2. The summed E-state index contributed by atoms with van der Waals surface area (Å²) < 4.78 is 7.60. The molecule has 1 aliphatic heterocycles. The Hall–Kier alpha value is 0.350. The minimum Gasteiger partial charge on any atom is -0.347 e. The van der Waals surface area contributed by atoms with Crippen molar-refractivity contribution in [3.8, 4) is 0 Å². The molecule has 2 atom stereocenters. The van der Waals surface area contributed by atoms with Gasteiger partial charge >= 0.3 is 0 Å². The van der Waals surface area contributed by atoms with E-state index in [4.69, 9.17) is 4.52 Å². The molecule has 1 saturated heterocycles. The average molecular weight is 147 g/mol. The Morgan fingerprint density at radius 3 is 2.56 bits per heavy atom. The molecule has 0 aliphatic carbocycles. The second-order valence-electron chi connectivity index (χ2n) is 2.66. The van der Waals surface area contributed by atoms with E-state index in [0.717, 1.165) is 5.92 Å². The van der Waals surface area contributed by atoms with E-state index in [9.17, 15) is 0 Å². The van der Waals surface area contributed by atoms with Crippen molar-refractivity contribution in [3.05, 3.63) is 0 Å². The van der Waals surface area contributed by atoms with Gasteiger partial charge < -0.3 is 4.52 Å². The first-order valence-electron chi connectivity index (χ1n) is 3.26. The molecule has 0 saturated carbocycles. The maximum absolute atomic E-state index is 5.28. The van der Waals surface area contributed by atoms with Crippen molar-refractivity contribution in [1.82, 2.24) is 4.67 Å². The van der Waals surface area contributed by atoms with Crippen LogP contribution in [0, 0.1) is 5.92 Å². The molecule has 3 heteroatoms. The zero-order valence-electron chi connectivity index (χ0n) is 6.29. The SMILES string of the molecule is COP1CC(C)CN1C. The summed E-state index contributed by atoms with van der Waals surface area (Å²) >= 11 is 0. The molecule has 1 heterocycles. The summed E-state index contributed by atoms with van der Waals surface area (Å²) in [6.45, 7) is 3.48. The molecular formula is C6H14NOP. The summed E-state index contributed by atoms with van der Waals surface area (Å²) in [7, 11) is 3.73. The summed E-state index contributed by atoms with van der Waals surface area (Å²) in [5.74, 6) is 0.834. The van der Waals surface area contributed by atoms with E-state index in [-0.39, 0.29) is 8.30 Å². The molecule has 0 aromatic carbocycles. The fourth-order valence-corrected chi connectivity index (χ4v) is 3.04. The molecule has 54 valence electrons. The first-order valence-corrected chi connectivity index (χ1v) is 4.66. The van der Waals surface area contributed by atoms with Crippen molar-refractivity contribution in [1.29, 1.82) is 0 Å². The Morgan fingerprint density at radius 2 is 2.33 bits per heavy atom. The molecule has 2 unspecified atom stereocenters. The van der Waals surface area contributed by atoms with E-state index in [0.29, 0.717) is 0 Å². The molecule has 1 rings (SSSR count). The minimum atomic E-state index is -0.210. The van der Waals surface area contributed by atoms with Gasteiger partial charge in [-0.1, -0.05) is 6.92 Å². The Bertz CT molecular complexity index is 99.1. The summed E-state index contributed by atoms with van der Waals surface area (Å²) in [6.07, 6.45) is 1.25. The summed E-state index contributed by atoms with van der Waals surface area (Å²) in [6, 6.07) is 0. The number of hydrogen-bond donors (Lipinski definition) is 0. The lowest BCUT2D eigenvalue weighted by Gasteiger charge is -2.15. The second-order valence-corrected chi connectivity index (χ2v) is 4.78. The molecule has 0 amide bonds. The molecule has 1 fully saturated rings. The lowest BCUT2D eigenvalue weighted by atomic mass is 10.2. The van der Waals surface area contributed by atoms with Gasteiger partial charge in [0.25, 0.3) is 0 Å². The van der Waals surface area contributed by atoms with Crippen LogP contribution in [0.3, 0.4) is 0 Å².